The molecule has 0 saturated heterocycles. The highest BCUT2D eigenvalue weighted by molar-refractivity contribution is 7.99. The molecular weight excluding hydrogens is 400 g/mol. The van der Waals surface area contributed by atoms with Crippen molar-refractivity contribution in [3.8, 4) is 11.5 Å². The van der Waals surface area contributed by atoms with Crippen molar-refractivity contribution in [1.29, 1.82) is 0 Å². The lowest BCUT2D eigenvalue weighted by atomic mass is 10.2. The highest BCUT2D eigenvalue weighted by Crippen LogP contribution is 2.34. The van der Waals surface area contributed by atoms with Gasteiger partial charge in [0.05, 0.1) is 5.75 Å². The van der Waals surface area contributed by atoms with Gasteiger partial charge in [0.1, 0.15) is 11.5 Å². The van der Waals surface area contributed by atoms with E-state index in [1.807, 2.05) is 68.4 Å². The van der Waals surface area contributed by atoms with Gasteiger partial charge in [0.25, 0.3) is 0 Å². The predicted molar refractivity (Wildman–Crippen MR) is 118 cm³/mol. The molecule has 30 heavy (non-hydrogen) atoms. The van der Waals surface area contributed by atoms with Crippen LogP contribution in [0.25, 0.3) is 0 Å². The largest absolute Gasteiger partial charge is 0.457 e. The SMILES string of the molecule is CCN=c1nc(NCC)nc2n1[C@@](O)(Nc1ccc(Oc3ccccc3)cc1)CS2. The van der Waals surface area contributed by atoms with Gasteiger partial charge < -0.3 is 20.5 Å². The van der Waals surface area contributed by atoms with Crippen molar-refractivity contribution in [3.63, 3.8) is 0 Å². The molecule has 0 fully saturated rings. The molecule has 4 rings (SSSR count). The van der Waals surface area contributed by atoms with Gasteiger partial charge in [0.15, 0.2) is 5.16 Å². The minimum Gasteiger partial charge on any atom is -0.457 e. The minimum absolute atomic E-state index is 0.381. The predicted octanol–water partition coefficient (Wildman–Crippen LogP) is 3.24. The summed E-state index contributed by atoms with van der Waals surface area (Å²) in [6, 6.07) is 17.0. The number of thioether (sulfide) groups is 1. The Morgan fingerprint density at radius 3 is 2.53 bits per heavy atom. The maximum absolute atomic E-state index is 11.4. The van der Waals surface area contributed by atoms with E-state index in [9.17, 15) is 5.11 Å². The number of nitrogens with one attached hydrogen (secondary N) is 2. The molecule has 0 saturated carbocycles. The maximum Gasteiger partial charge on any atom is 0.234 e. The van der Waals surface area contributed by atoms with Crippen LogP contribution in [-0.2, 0) is 5.85 Å². The average molecular weight is 425 g/mol. The molecule has 9 heteroatoms. The number of hydrogen-bond acceptors (Lipinski definition) is 8. The van der Waals surface area contributed by atoms with Crippen molar-refractivity contribution in [2.75, 3.05) is 29.5 Å². The van der Waals surface area contributed by atoms with E-state index < -0.39 is 5.85 Å². The van der Waals surface area contributed by atoms with Crippen LogP contribution < -0.4 is 21.0 Å². The Bertz CT molecular complexity index is 1070. The Kier molecular flexibility index (Phi) is 5.91. The van der Waals surface area contributed by atoms with Crippen LogP contribution in [0.2, 0.25) is 0 Å². The molecule has 156 valence electrons. The summed E-state index contributed by atoms with van der Waals surface area (Å²) in [5.74, 6) is 0.989. The number of anilines is 2. The van der Waals surface area contributed by atoms with Gasteiger partial charge in [-0.25, -0.2) is 4.57 Å². The number of fused-ring (bicyclic) bond motifs is 1. The molecule has 0 spiro atoms. The monoisotopic (exact) mass is 424 g/mol. The first-order valence-electron chi connectivity index (χ1n) is 9.83. The van der Waals surface area contributed by atoms with E-state index in [1.54, 1.807) is 4.57 Å². The van der Waals surface area contributed by atoms with Gasteiger partial charge in [-0.1, -0.05) is 30.0 Å². The standard InChI is InChI=1S/C21H24N6O2S/c1-3-22-18-24-19(23-4-2)27-20(25-18)30-14-21(27,28)26-15-10-12-17(13-11-15)29-16-8-6-5-7-9-16/h5-13,26,28H,3-4,14H2,1-2H3,(H,22,23,24)/t21-/m0/s1. The Hall–Kier alpha value is -3.04. The van der Waals surface area contributed by atoms with Crippen molar-refractivity contribution >= 4 is 23.4 Å². The smallest absolute Gasteiger partial charge is 0.234 e. The highest BCUT2D eigenvalue weighted by Gasteiger charge is 2.39. The highest BCUT2D eigenvalue weighted by atomic mass is 32.2. The third-order valence-corrected chi connectivity index (χ3v) is 5.46. The van der Waals surface area contributed by atoms with Gasteiger partial charge in [0, 0.05) is 18.8 Å². The minimum atomic E-state index is -1.39. The maximum atomic E-state index is 11.4. The van der Waals surface area contributed by atoms with Crippen LogP contribution in [0.1, 0.15) is 13.8 Å². The van der Waals surface area contributed by atoms with E-state index in [0.29, 0.717) is 41.3 Å². The molecule has 2 aromatic carbocycles. The molecule has 3 N–H and O–H groups in total. The molecule has 3 aromatic rings. The summed E-state index contributed by atoms with van der Waals surface area (Å²) in [6.45, 7) is 5.17. The molecule has 8 nitrogen and oxygen atoms in total. The summed E-state index contributed by atoms with van der Waals surface area (Å²) >= 11 is 1.45. The summed E-state index contributed by atoms with van der Waals surface area (Å²) in [6.07, 6.45) is 0. The van der Waals surface area contributed by atoms with Gasteiger partial charge in [-0.15, -0.1) is 0 Å². The summed E-state index contributed by atoms with van der Waals surface area (Å²) in [4.78, 5) is 13.4. The molecule has 1 aromatic heterocycles. The van der Waals surface area contributed by atoms with Crippen LogP contribution in [0.3, 0.4) is 0 Å². The van der Waals surface area contributed by atoms with Crippen LogP contribution in [0.4, 0.5) is 11.6 Å². The number of benzene rings is 2. The molecule has 1 aliphatic rings. The Morgan fingerprint density at radius 1 is 1.10 bits per heavy atom. The lowest BCUT2D eigenvalue weighted by Crippen LogP contribution is -2.48. The van der Waals surface area contributed by atoms with Crippen molar-refractivity contribution < 1.29 is 9.84 Å². The third-order valence-electron chi connectivity index (χ3n) is 4.38. The van der Waals surface area contributed by atoms with Gasteiger partial charge in [-0.05, 0) is 50.2 Å². The number of aliphatic hydroxyl groups is 1. The van der Waals surface area contributed by atoms with Gasteiger partial charge in [0.2, 0.25) is 17.4 Å². The second kappa shape index (κ2) is 8.76. The summed E-state index contributed by atoms with van der Waals surface area (Å²) in [5, 5.41) is 18.3. The molecule has 0 bridgehead atoms. The molecule has 0 amide bonds. The molecule has 1 atom stereocenters. The van der Waals surface area contributed by atoms with E-state index in [-0.39, 0.29) is 0 Å². The molecule has 0 radical (unpaired) electrons. The first kappa shape index (κ1) is 20.2. The number of hydrogen-bond donors (Lipinski definition) is 3. The van der Waals surface area contributed by atoms with E-state index in [0.717, 1.165) is 11.4 Å². The van der Waals surface area contributed by atoms with Crippen molar-refractivity contribution in [2.24, 2.45) is 4.99 Å². The van der Waals surface area contributed by atoms with Crippen molar-refractivity contribution in [2.45, 2.75) is 24.9 Å². The van der Waals surface area contributed by atoms with Crippen molar-refractivity contribution in [1.82, 2.24) is 14.5 Å². The fourth-order valence-electron chi connectivity index (χ4n) is 3.08. The van der Waals surface area contributed by atoms with Crippen LogP contribution in [0.15, 0.2) is 64.7 Å². The normalized spacial score (nSPS) is 18.2. The lowest BCUT2D eigenvalue weighted by molar-refractivity contribution is 0.00818. The zero-order chi connectivity index (χ0) is 21.0. The summed E-state index contributed by atoms with van der Waals surface area (Å²) in [5.41, 5.74) is 1.18. The van der Waals surface area contributed by atoms with Crippen molar-refractivity contribution in [3.05, 3.63) is 60.2 Å². The number of aromatic nitrogens is 3. The molecule has 2 heterocycles. The van der Waals surface area contributed by atoms with Crippen LogP contribution in [0.5, 0.6) is 11.5 Å². The average Bonchev–Trinajstić information content (AvgIpc) is 3.07. The number of para-hydroxylation sites is 1. The Labute approximate surface area is 179 Å². The first-order chi connectivity index (χ1) is 14.6. The van der Waals surface area contributed by atoms with Crippen LogP contribution >= 0.6 is 11.8 Å². The van der Waals surface area contributed by atoms with Crippen LogP contribution in [-0.4, -0.2) is 38.5 Å². The quantitative estimate of drug-likeness (QED) is 0.501. The fraction of sp³-hybridized carbons (Fsp3) is 0.286. The number of nitrogens with zero attached hydrogens (tertiary/aromatic N) is 4. The summed E-state index contributed by atoms with van der Waals surface area (Å²) < 4.78 is 7.48. The zero-order valence-corrected chi connectivity index (χ0v) is 17.7. The molecule has 0 unspecified atom stereocenters. The van der Waals surface area contributed by atoms with Crippen LogP contribution in [0, 0.1) is 0 Å². The zero-order valence-electron chi connectivity index (χ0n) is 16.9. The van der Waals surface area contributed by atoms with E-state index >= 15 is 0 Å². The third kappa shape index (κ3) is 4.27. The van der Waals surface area contributed by atoms with Gasteiger partial charge in [-0.2, -0.15) is 9.97 Å². The fourth-order valence-corrected chi connectivity index (χ4v) is 4.13. The van der Waals surface area contributed by atoms with Gasteiger partial charge in [-0.3, -0.25) is 4.99 Å². The summed E-state index contributed by atoms with van der Waals surface area (Å²) in [7, 11) is 0. The second-order valence-corrected chi connectivity index (χ2v) is 7.58. The van der Waals surface area contributed by atoms with E-state index in [2.05, 4.69) is 25.6 Å². The number of rotatable bonds is 7. The Morgan fingerprint density at radius 2 is 1.83 bits per heavy atom. The molecule has 0 aliphatic carbocycles. The van der Waals surface area contributed by atoms with E-state index in [1.165, 1.54) is 11.8 Å². The van der Waals surface area contributed by atoms with Gasteiger partial charge >= 0.3 is 0 Å². The molecule has 1 aliphatic heterocycles. The first-order valence-corrected chi connectivity index (χ1v) is 10.8. The Balaban J connectivity index is 1.58. The lowest BCUT2D eigenvalue weighted by Gasteiger charge is -2.27. The second-order valence-electron chi connectivity index (χ2n) is 6.64. The topological polar surface area (TPSA) is 96.6 Å². The van der Waals surface area contributed by atoms with E-state index in [4.69, 9.17) is 4.74 Å². The number of ether oxygens (including phenoxy) is 1. The molecular formula is C21H24N6O2S.